The minimum atomic E-state index is 0.257. The van der Waals surface area contributed by atoms with Crippen LogP contribution in [0.3, 0.4) is 0 Å². The van der Waals surface area contributed by atoms with Gasteiger partial charge >= 0.3 is 0 Å². The molecule has 0 radical (unpaired) electrons. The summed E-state index contributed by atoms with van der Waals surface area (Å²) in [4.78, 5) is 2.69. The molecule has 2 nitrogen and oxygen atoms in total. The van der Waals surface area contributed by atoms with Crippen LogP contribution < -0.4 is 5.73 Å². The van der Waals surface area contributed by atoms with E-state index in [0.717, 1.165) is 12.5 Å². The Hall–Kier alpha value is -0.0800. The first kappa shape index (κ1) is 16.0. The molecule has 108 valence electrons. The molecule has 0 aliphatic carbocycles. The lowest BCUT2D eigenvalue weighted by Gasteiger charge is -2.42. The molecule has 0 aromatic rings. The predicted molar refractivity (Wildman–Crippen MR) is 80.7 cm³/mol. The van der Waals surface area contributed by atoms with Gasteiger partial charge in [-0.15, -0.1) is 0 Å². The first-order valence-electron chi connectivity index (χ1n) is 7.84. The molecule has 0 saturated carbocycles. The van der Waals surface area contributed by atoms with Gasteiger partial charge in [0.05, 0.1) is 0 Å². The summed E-state index contributed by atoms with van der Waals surface area (Å²) in [7, 11) is 0. The van der Waals surface area contributed by atoms with Crippen molar-refractivity contribution in [1.29, 1.82) is 0 Å². The summed E-state index contributed by atoms with van der Waals surface area (Å²) in [6, 6.07) is 0. The van der Waals surface area contributed by atoms with E-state index >= 15 is 0 Å². The number of likely N-dealkylation sites (tertiary alicyclic amines) is 1. The fourth-order valence-corrected chi connectivity index (χ4v) is 3.55. The Balaban J connectivity index is 2.72. The van der Waals surface area contributed by atoms with Crippen molar-refractivity contribution < 1.29 is 0 Å². The van der Waals surface area contributed by atoms with Gasteiger partial charge in [-0.25, -0.2) is 0 Å². The molecular weight excluding hydrogens is 220 g/mol. The molecule has 1 atom stereocenters. The third kappa shape index (κ3) is 3.48. The second kappa shape index (κ2) is 6.38. The van der Waals surface area contributed by atoms with Gasteiger partial charge in [-0.3, -0.25) is 4.90 Å². The molecular formula is C16H34N2. The average molecular weight is 254 g/mol. The zero-order valence-electron chi connectivity index (χ0n) is 13.3. The third-order valence-corrected chi connectivity index (χ3v) is 5.32. The molecule has 1 fully saturated rings. The summed E-state index contributed by atoms with van der Waals surface area (Å²) in [6.07, 6.45) is 6.42. The highest BCUT2D eigenvalue weighted by atomic mass is 15.2. The van der Waals surface area contributed by atoms with Crippen LogP contribution in [0.15, 0.2) is 0 Å². The molecule has 0 bridgehead atoms. The zero-order valence-corrected chi connectivity index (χ0v) is 13.3. The molecule has 1 heterocycles. The van der Waals surface area contributed by atoms with Crippen molar-refractivity contribution in [2.45, 2.75) is 72.3 Å². The molecule has 2 N–H and O–H groups in total. The predicted octanol–water partition coefficient (Wildman–Crippen LogP) is 3.65. The second-order valence-corrected chi connectivity index (χ2v) is 7.12. The summed E-state index contributed by atoms with van der Waals surface area (Å²) in [6.45, 7) is 15.0. The van der Waals surface area contributed by atoms with Gasteiger partial charge in [0.15, 0.2) is 0 Å². The van der Waals surface area contributed by atoms with Crippen molar-refractivity contribution in [2.75, 3.05) is 19.6 Å². The van der Waals surface area contributed by atoms with Gasteiger partial charge in [0, 0.05) is 12.1 Å². The van der Waals surface area contributed by atoms with E-state index in [1.807, 2.05) is 0 Å². The van der Waals surface area contributed by atoms with Crippen molar-refractivity contribution in [3.63, 3.8) is 0 Å². The molecule has 1 rings (SSSR count). The maximum absolute atomic E-state index is 6.09. The number of nitrogens with two attached hydrogens (primary N) is 1. The zero-order chi connectivity index (χ0) is 13.8. The molecule has 0 spiro atoms. The number of hydrogen-bond acceptors (Lipinski definition) is 2. The van der Waals surface area contributed by atoms with E-state index in [4.69, 9.17) is 5.73 Å². The van der Waals surface area contributed by atoms with Crippen LogP contribution in [0, 0.1) is 11.3 Å². The van der Waals surface area contributed by atoms with Crippen LogP contribution in [-0.2, 0) is 0 Å². The summed E-state index contributed by atoms with van der Waals surface area (Å²) in [5.74, 6) is 0.867. The molecule has 1 saturated heterocycles. The van der Waals surface area contributed by atoms with Crippen LogP contribution in [0.1, 0.15) is 66.7 Å². The summed E-state index contributed by atoms with van der Waals surface area (Å²) in [5, 5.41) is 0. The first-order valence-corrected chi connectivity index (χ1v) is 7.84. The molecule has 0 aromatic heterocycles. The standard InChI is InChI=1S/C16H34N2/c1-6-16(7-2,13-17)18-11-8-9-14(10-12-18)15(3,4)5/h14H,6-13,17H2,1-5H3. The van der Waals surface area contributed by atoms with Crippen LogP contribution in [0.25, 0.3) is 0 Å². The van der Waals surface area contributed by atoms with Gasteiger partial charge in [-0.05, 0) is 56.5 Å². The lowest BCUT2D eigenvalue weighted by atomic mass is 9.76. The average Bonchev–Trinajstić information content (AvgIpc) is 2.58. The van der Waals surface area contributed by atoms with Crippen molar-refractivity contribution in [3.05, 3.63) is 0 Å². The SMILES string of the molecule is CCC(CC)(CN)N1CCCC(C(C)(C)C)CC1. The highest BCUT2D eigenvalue weighted by Crippen LogP contribution is 2.36. The molecule has 2 heteroatoms. The third-order valence-electron chi connectivity index (χ3n) is 5.32. The summed E-state index contributed by atoms with van der Waals surface area (Å²) in [5.41, 5.74) is 6.80. The number of nitrogens with zero attached hydrogens (tertiary/aromatic N) is 1. The molecule has 1 aliphatic rings. The lowest BCUT2D eigenvalue weighted by molar-refractivity contribution is 0.0846. The van der Waals surface area contributed by atoms with Gasteiger partial charge in [-0.1, -0.05) is 34.6 Å². The Labute approximate surface area is 114 Å². The molecule has 0 aromatic carbocycles. The van der Waals surface area contributed by atoms with E-state index < -0.39 is 0 Å². The van der Waals surface area contributed by atoms with Crippen LogP contribution in [0.2, 0.25) is 0 Å². The molecule has 18 heavy (non-hydrogen) atoms. The van der Waals surface area contributed by atoms with Gasteiger partial charge in [0.1, 0.15) is 0 Å². The van der Waals surface area contributed by atoms with Crippen molar-refractivity contribution in [1.82, 2.24) is 4.90 Å². The van der Waals surface area contributed by atoms with Gasteiger partial charge in [0.25, 0.3) is 0 Å². The summed E-state index contributed by atoms with van der Waals surface area (Å²) < 4.78 is 0. The largest absolute Gasteiger partial charge is 0.329 e. The van der Waals surface area contributed by atoms with Crippen LogP contribution in [-0.4, -0.2) is 30.1 Å². The molecule has 0 amide bonds. The van der Waals surface area contributed by atoms with Crippen LogP contribution in [0.5, 0.6) is 0 Å². The van der Waals surface area contributed by atoms with E-state index in [-0.39, 0.29) is 5.54 Å². The van der Waals surface area contributed by atoms with Gasteiger partial charge < -0.3 is 5.73 Å². The Morgan fingerprint density at radius 3 is 2.11 bits per heavy atom. The van der Waals surface area contributed by atoms with Crippen molar-refractivity contribution >= 4 is 0 Å². The van der Waals surface area contributed by atoms with E-state index in [1.165, 1.54) is 45.2 Å². The van der Waals surface area contributed by atoms with Gasteiger partial charge in [0.2, 0.25) is 0 Å². The van der Waals surface area contributed by atoms with E-state index in [1.54, 1.807) is 0 Å². The highest BCUT2D eigenvalue weighted by Gasteiger charge is 2.35. The smallest absolute Gasteiger partial charge is 0.0326 e. The normalized spacial score (nSPS) is 24.0. The second-order valence-electron chi connectivity index (χ2n) is 7.12. The fourth-order valence-electron chi connectivity index (χ4n) is 3.55. The molecule has 1 aliphatic heterocycles. The quantitative estimate of drug-likeness (QED) is 0.829. The Morgan fingerprint density at radius 1 is 1.06 bits per heavy atom. The minimum absolute atomic E-state index is 0.257. The Morgan fingerprint density at radius 2 is 1.67 bits per heavy atom. The van der Waals surface area contributed by atoms with Crippen LogP contribution >= 0.6 is 0 Å². The Kier molecular flexibility index (Phi) is 5.67. The van der Waals surface area contributed by atoms with Crippen LogP contribution in [0.4, 0.5) is 0 Å². The molecule has 1 unspecified atom stereocenters. The first-order chi connectivity index (χ1) is 8.39. The Bertz CT molecular complexity index is 230. The van der Waals surface area contributed by atoms with Crippen molar-refractivity contribution in [3.8, 4) is 0 Å². The topological polar surface area (TPSA) is 29.3 Å². The maximum Gasteiger partial charge on any atom is 0.0326 e. The monoisotopic (exact) mass is 254 g/mol. The lowest BCUT2D eigenvalue weighted by Crippen LogP contribution is -2.53. The number of rotatable bonds is 4. The maximum atomic E-state index is 6.09. The van der Waals surface area contributed by atoms with Gasteiger partial charge in [-0.2, -0.15) is 0 Å². The number of hydrogen-bond donors (Lipinski definition) is 1. The summed E-state index contributed by atoms with van der Waals surface area (Å²) >= 11 is 0. The van der Waals surface area contributed by atoms with E-state index in [2.05, 4.69) is 39.5 Å². The highest BCUT2D eigenvalue weighted by molar-refractivity contribution is 4.91. The van der Waals surface area contributed by atoms with E-state index in [9.17, 15) is 0 Å². The fraction of sp³-hybridized carbons (Fsp3) is 1.00. The van der Waals surface area contributed by atoms with Crippen molar-refractivity contribution in [2.24, 2.45) is 17.1 Å². The minimum Gasteiger partial charge on any atom is -0.329 e. The van der Waals surface area contributed by atoms with E-state index in [0.29, 0.717) is 5.41 Å².